The quantitative estimate of drug-likeness (QED) is 0.0372. The summed E-state index contributed by atoms with van der Waals surface area (Å²) >= 11 is 0. The average Bonchev–Trinajstić information content (AvgIpc) is 3.61. The molecule has 4 amide bonds. The number of aliphatic hydroxyl groups is 5. The minimum atomic E-state index is -1.92. The zero-order valence-electron chi connectivity index (χ0n) is 32.9. The maximum absolute atomic E-state index is 13.6. The lowest BCUT2D eigenvalue weighted by molar-refractivity contribution is -0.295. The van der Waals surface area contributed by atoms with Crippen LogP contribution in [0.5, 0.6) is 5.75 Å². The number of cyclic esters (lactones) is 1. The predicted octanol–water partition coefficient (Wildman–Crippen LogP) is -3.31. The molecule has 0 saturated carbocycles. The number of carbonyl (C=O) groups is 5. The zero-order valence-corrected chi connectivity index (χ0v) is 32.9. The molecule has 3 aliphatic rings. The highest BCUT2D eigenvalue weighted by molar-refractivity contribution is 5.91. The first-order chi connectivity index (χ1) is 28.7. The van der Waals surface area contributed by atoms with Gasteiger partial charge in [0.2, 0.25) is 23.6 Å². The van der Waals surface area contributed by atoms with E-state index in [1.165, 1.54) is 0 Å². The molecule has 2 aromatic heterocycles. The van der Waals surface area contributed by atoms with E-state index < -0.39 is 92.2 Å². The Bertz CT molecular complexity index is 2210. The van der Waals surface area contributed by atoms with Crippen LogP contribution in [0.2, 0.25) is 0 Å². The van der Waals surface area contributed by atoms with Gasteiger partial charge in [0.25, 0.3) is 5.56 Å². The van der Waals surface area contributed by atoms with Crippen molar-refractivity contribution < 1.29 is 68.5 Å². The number of ether oxygens (including phenoxy) is 4. The van der Waals surface area contributed by atoms with Crippen molar-refractivity contribution in [1.29, 1.82) is 0 Å². The van der Waals surface area contributed by atoms with Crippen molar-refractivity contribution in [3.05, 3.63) is 56.9 Å². The number of aliphatic hydroxyl groups excluding tert-OH is 4. The number of nitrogens with one attached hydrogen (secondary N) is 4. The maximum atomic E-state index is 13.6. The minimum absolute atomic E-state index is 0.0479. The van der Waals surface area contributed by atoms with Crippen LogP contribution in [-0.2, 0) is 63.4 Å². The first-order valence-corrected chi connectivity index (χ1v) is 19.4. The molecule has 1 fully saturated rings. The highest BCUT2D eigenvalue weighted by Gasteiger charge is 2.46. The van der Waals surface area contributed by atoms with Gasteiger partial charge in [0, 0.05) is 23.1 Å². The summed E-state index contributed by atoms with van der Waals surface area (Å²) < 4.78 is 22.8. The van der Waals surface area contributed by atoms with Gasteiger partial charge >= 0.3 is 5.97 Å². The van der Waals surface area contributed by atoms with Crippen molar-refractivity contribution in [3.63, 3.8) is 0 Å². The Hall–Kier alpha value is -5.55. The number of nitrogens with zero attached hydrogens (tertiary/aromatic N) is 2. The maximum Gasteiger partial charge on any atom is 0.343 e. The van der Waals surface area contributed by atoms with Gasteiger partial charge in [0.05, 0.1) is 61.9 Å². The number of aryl methyl sites for hydroxylation is 1. The number of fused-ring (bicyclic) bond motifs is 5. The molecule has 9 N–H and O–H groups in total. The fraction of sp³-hybridized carbons (Fsp3) is 0.513. The lowest BCUT2D eigenvalue weighted by Crippen LogP contribution is -2.59. The van der Waals surface area contributed by atoms with Crippen molar-refractivity contribution in [2.24, 2.45) is 0 Å². The number of hydrogen-bond donors (Lipinski definition) is 9. The molecule has 6 atom stereocenters. The Morgan fingerprint density at radius 2 is 1.62 bits per heavy atom. The zero-order chi connectivity index (χ0) is 43.3. The van der Waals surface area contributed by atoms with Crippen LogP contribution in [0, 0.1) is 0 Å². The number of benzene rings is 1. The smallest absolute Gasteiger partial charge is 0.343 e. The van der Waals surface area contributed by atoms with Crippen LogP contribution in [-0.4, -0.2) is 141 Å². The first kappa shape index (κ1) is 44.0. The molecular formula is C39H48N6O15. The van der Waals surface area contributed by atoms with E-state index in [0.29, 0.717) is 35.5 Å². The molecule has 1 unspecified atom stereocenters. The lowest BCUT2D eigenvalue weighted by Gasteiger charge is -2.39. The van der Waals surface area contributed by atoms with Crippen LogP contribution >= 0.6 is 0 Å². The first-order valence-electron chi connectivity index (χ1n) is 19.4. The highest BCUT2D eigenvalue weighted by Crippen LogP contribution is 2.40. The summed E-state index contributed by atoms with van der Waals surface area (Å²) in [6.07, 6.45) is -6.57. The van der Waals surface area contributed by atoms with Crippen molar-refractivity contribution in [2.75, 3.05) is 46.0 Å². The molecule has 0 radical (unpaired) electrons. The molecule has 21 nitrogen and oxygen atoms in total. The minimum Gasteiger partial charge on any atom is -0.494 e. The van der Waals surface area contributed by atoms with Crippen LogP contribution < -0.4 is 31.6 Å². The van der Waals surface area contributed by atoms with Crippen LogP contribution in [0.4, 0.5) is 0 Å². The second kappa shape index (κ2) is 18.8. The van der Waals surface area contributed by atoms with Gasteiger partial charge in [-0.2, -0.15) is 0 Å². The lowest BCUT2D eigenvalue weighted by atomic mass is 9.86. The van der Waals surface area contributed by atoms with Crippen molar-refractivity contribution in [3.8, 4) is 17.1 Å². The van der Waals surface area contributed by atoms with E-state index >= 15 is 0 Å². The Labute approximate surface area is 342 Å². The Morgan fingerprint density at radius 1 is 0.933 bits per heavy atom. The molecule has 0 aliphatic carbocycles. The molecule has 0 bridgehead atoms. The number of esters is 1. The average molecular weight is 841 g/mol. The van der Waals surface area contributed by atoms with E-state index in [4.69, 9.17) is 29.0 Å². The molecule has 324 valence electrons. The third-order valence-corrected chi connectivity index (χ3v) is 10.6. The Kier molecular flexibility index (Phi) is 13.8. The highest BCUT2D eigenvalue weighted by atomic mass is 16.7. The van der Waals surface area contributed by atoms with Gasteiger partial charge in [-0.1, -0.05) is 13.8 Å². The van der Waals surface area contributed by atoms with Gasteiger partial charge in [-0.15, -0.1) is 0 Å². The summed E-state index contributed by atoms with van der Waals surface area (Å²) in [6.45, 7) is 1.47. The van der Waals surface area contributed by atoms with E-state index in [2.05, 4.69) is 21.3 Å². The Morgan fingerprint density at radius 3 is 2.28 bits per heavy atom. The van der Waals surface area contributed by atoms with Gasteiger partial charge < -0.3 is 70.3 Å². The van der Waals surface area contributed by atoms with Gasteiger partial charge in [0.1, 0.15) is 43.4 Å². The predicted molar refractivity (Wildman–Crippen MR) is 206 cm³/mol. The second-order valence-corrected chi connectivity index (χ2v) is 14.4. The van der Waals surface area contributed by atoms with E-state index in [1.807, 2.05) is 19.1 Å². The van der Waals surface area contributed by atoms with Gasteiger partial charge in [-0.3, -0.25) is 24.0 Å². The number of rotatable bonds is 17. The summed E-state index contributed by atoms with van der Waals surface area (Å²) in [4.78, 5) is 79.5. The van der Waals surface area contributed by atoms with Crippen molar-refractivity contribution in [2.45, 2.75) is 82.6 Å². The van der Waals surface area contributed by atoms with Crippen molar-refractivity contribution in [1.82, 2.24) is 30.8 Å². The molecule has 1 aromatic carbocycles. The third kappa shape index (κ3) is 9.11. The number of carbonyl (C=O) groups excluding carboxylic acids is 5. The molecule has 1 saturated heterocycles. The van der Waals surface area contributed by atoms with E-state index in [1.54, 1.807) is 23.6 Å². The van der Waals surface area contributed by atoms with Crippen LogP contribution in [0.25, 0.3) is 22.3 Å². The number of amides is 4. The summed E-state index contributed by atoms with van der Waals surface area (Å²) in [5.41, 5.74) is 1.94. The van der Waals surface area contributed by atoms with E-state index in [0.717, 1.165) is 16.5 Å². The molecule has 6 rings (SSSR count). The fourth-order valence-electron chi connectivity index (χ4n) is 7.32. The number of hydrogen-bond acceptors (Lipinski definition) is 16. The van der Waals surface area contributed by atoms with Crippen LogP contribution in [0.3, 0.4) is 0 Å². The molecular weight excluding hydrogens is 792 g/mol. The summed E-state index contributed by atoms with van der Waals surface area (Å²) in [5, 5.41) is 60.5. The number of aromatic nitrogens is 2. The topological polar surface area (TPSA) is 306 Å². The van der Waals surface area contributed by atoms with E-state index in [-0.39, 0.29) is 56.0 Å². The normalized spacial score (nSPS) is 22.9. The van der Waals surface area contributed by atoms with Crippen LogP contribution in [0.15, 0.2) is 29.1 Å². The van der Waals surface area contributed by atoms with Gasteiger partial charge in [-0.25, -0.2) is 9.78 Å². The molecule has 3 aromatic rings. The van der Waals surface area contributed by atoms with Crippen molar-refractivity contribution >= 4 is 40.5 Å². The SMILES string of the molecule is CCc1c2c(nc3ccc(OCCCNC(=O)CNC(=O)CNC(=O)CNC(=O)CO[C@@H]4[C@@H](O)[C@H](O)[C@@H](CO)O[C@@H]4O)cc13)-c1cc3c(c(=O)n1C2)COC(=O)C3(O)CC. The third-order valence-electron chi connectivity index (χ3n) is 10.6. The molecule has 21 heteroatoms. The Balaban J connectivity index is 0.902. The van der Waals surface area contributed by atoms with Crippen LogP contribution in [0.1, 0.15) is 48.9 Å². The second-order valence-electron chi connectivity index (χ2n) is 14.4. The molecule has 0 spiro atoms. The van der Waals surface area contributed by atoms with Gasteiger partial charge in [-0.05, 0) is 49.1 Å². The molecule has 60 heavy (non-hydrogen) atoms. The standard InChI is InChI=1S/C39H48N6O15/c1-3-20-21-10-19(6-7-25(21)44-32-22(20)15-45-26(32)11-24-23(36(45)53)17-59-38(55)39(24,56)4-2)57-9-5-8-40-28(47)12-41-29(48)13-42-30(49)14-43-31(50)18-58-35-34(52)33(51)27(16-46)60-37(35)54/h6-7,10-11,27,33-35,37,46,51-52,54,56H,3-5,8-9,12-18H2,1-2H3,(H,40,47)(H,41,48)(H,42,49)(H,43,50)/t27-,33-,34+,35-,37+,39?/m1/s1. The molecule has 5 heterocycles. The number of pyridine rings is 2. The fourth-order valence-corrected chi connectivity index (χ4v) is 7.32. The monoisotopic (exact) mass is 840 g/mol. The largest absolute Gasteiger partial charge is 0.494 e. The van der Waals surface area contributed by atoms with Gasteiger partial charge in [0.15, 0.2) is 11.9 Å². The summed E-state index contributed by atoms with van der Waals surface area (Å²) in [5.74, 6) is -2.89. The van der Waals surface area contributed by atoms with E-state index in [9.17, 15) is 49.2 Å². The molecule has 3 aliphatic heterocycles. The summed E-state index contributed by atoms with van der Waals surface area (Å²) in [7, 11) is 0. The summed E-state index contributed by atoms with van der Waals surface area (Å²) in [6, 6.07) is 7.15.